The Morgan fingerprint density at radius 1 is 1.27 bits per heavy atom. The number of hydrogen-bond donors (Lipinski definition) is 2. The second-order valence-electron chi connectivity index (χ2n) is 6.96. The molecule has 0 radical (unpaired) electrons. The number of ether oxygens (including phenoxy) is 2. The number of amidine groups is 1. The van der Waals surface area contributed by atoms with E-state index in [2.05, 4.69) is 6.92 Å². The zero-order valence-electron chi connectivity index (χ0n) is 15.2. The number of nitrogens with one attached hydrogen (secondary N) is 1. The fourth-order valence-electron chi connectivity index (χ4n) is 3.26. The molecule has 1 aliphatic heterocycles. The molecule has 0 saturated carbocycles. The van der Waals surface area contributed by atoms with E-state index in [1.807, 2.05) is 31.2 Å². The van der Waals surface area contributed by atoms with Crippen molar-refractivity contribution in [3.63, 3.8) is 0 Å². The second kappa shape index (κ2) is 7.20. The summed E-state index contributed by atoms with van der Waals surface area (Å²) in [5.41, 5.74) is 7.27. The molecule has 5 heteroatoms. The lowest BCUT2D eigenvalue weighted by Gasteiger charge is -2.34. The molecule has 1 unspecified atom stereocenters. The van der Waals surface area contributed by atoms with Crippen molar-refractivity contribution >= 4 is 11.6 Å². The second-order valence-corrected chi connectivity index (χ2v) is 6.96. The molecule has 3 N–H and O–H groups in total. The van der Waals surface area contributed by atoms with Gasteiger partial charge in [-0.15, -0.1) is 0 Å². The SMILES string of the molecule is CCCC1(C)CC(=O)c2cc(OCc3ccc(C(=N)N)cc3)ccc2O1. The van der Waals surface area contributed by atoms with Gasteiger partial charge in [0, 0.05) is 5.56 Å². The molecule has 2 aromatic rings. The van der Waals surface area contributed by atoms with Crippen molar-refractivity contribution in [1.82, 2.24) is 0 Å². The Morgan fingerprint density at radius 3 is 2.65 bits per heavy atom. The first-order valence-corrected chi connectivity index (χ1v) is 8.82. The van der Waals surface area contributed by atoms with Crippen molar-refractivity contribution in [2.75, 3.05) is 0 Å². The van der Waals surface area contributed by atoms with Gasteiger partial charge >= 0.3 is 0 Å². The van der Waals surface area contributed by atoms with Crippen LogP contribution in [0, 0.1) is 5.41 Å². The molecule has 0 spiro atoms. The third-order valence-corrected chi connectivity index (χ3v) is 4.59. The normalized spacial score (nSPS) is 18.8. The smallest absolute Gasteiger partial charge is 0.170 e. The van der Waals surface area contributed by atoms with Gasteiger partial charge in [0.1, 0.15) is 29.5 Å². The quantitative estimate of drug-likeness (QED) is 0.606. The zero-order valence-corrected chi connectivity index (χ0v) is 15.2. The molecule has 0 bridgehead atoms. The number of fused-ring (bicyclic) bond motifs is 1. The summed E-state index contributed by atoms with van der Waals surface area (Å²) < 4.78 is 11.9. The minimum absolute atomic E-state index is 0.0424. The number of rotatable bonds is 6. The molecule has 0 amide bonds. The van der Waals surface area contributed by atoms with Crippen LogP contribution in [0.4, 0.5) is 0 Å². The van der Waals surface area contributed by atoms with Gasteiger partial charge in [0.05, 0.1) is 12.0 Å². The number of benzene rings is 2. The van der Waals surface area contributed by atoms with E-state index in [1.54, 1.807) is 18.2 Å². The minimum Gasteiger partial charge on any atom is -0.489 e. The molecular formula is C21H24N2O3. The number of nitrogen functional groups attached to an aromatic ring is 1. The van der Waals surface area contributed by atoms with E-state index in [4.69, 9.17) is 20.6 Å². The average Bonchev–Trinajstić information content (AvgIpc) is 2.60. The summed E-state index contributed by atoms with van der Waals surface area (Å²) in [6, 6.07) is 12.7. The van der Waals surface area contributed by atoms with E-state index in [-0.39, 0.29) is 11.6 Å². The van der Waals surface area contributed by atoms with Crippen molar-refractivity contribution < 1.29 is 14.3 Å². The highest BCUT2D eigenvalue weighted by Gasteiger charge is 2.35. The van der Waals surface area contributed by atoms with E-state index >= 15 is 0 Å². The molecule has 136 valence electrons. The molecule has 2 aromatic carbocycles. The van der Waals surface area contributed by atoms with Crippen molar-refractivity contribution in [2.45, 2.75) is 45.3 Å². The van der Waals surface area contributed by atoms with Crippen LogP contribution in [-0.2, 0) is 6.61 Å². The van der Waals surface area contributed by atoms with Crippen LogP contribution in [0.15, 0.2) is 42.5 Å². The largest absolute Gasteiger partial charge is 0.489 e. The van der Waals surface area contributed by atoms with Crippen LogP contribution in [0.1, 0.15) is 54.6 Å². The van der Waals surface area contributed by atoms with Crippen LogP contribution in [0.5, 0.6) is 11.5 Å². The van der Waals surface area contributed by atoms with Crippen LogP contribution in [0.2, 0.25) is 0 Å². The van der Waals surface area contributed by atoms with Gasteiger partial charge in [0.2, 0.25) is 0 Å². The number of ketones is 1. The Kier molecular flexibility index (Phi) is 4.98. The van der Waals surface area contributed by atoms with Crippen LogP contribution < -0.4 is 15.2 Å². The number of nitrogens with two attached hydrogens (primary N) is 1. The van der Waals surface area contributed by atoms with Gasteiger partial charge in [-0.2, -0.15) is 0 Å². The Morgan fingerprint density at radius 2 is 2.00 bits per heavy atom. The minimum atomic E-state index is -0.417. The van der Waals surface area contributed by atoms with Gasteiger partial charge in [-0.3, -0.25) is 10.2 Å². The molecule has 0 fully saturated rings. The standard InChI is InChI=1S/C21H24N2O3/c1-3-10-21(2)12-18(24)17-11-16(8-9-19(17)26-21)25-13-14-4-6-15(7-5-14)20(22)23/h4-9,11H,3,10,12-13H2,1-2H3,(H3,22,23). The highest BCUT2D eigenvalue weighted by molar-refractivity contribution is 6.00. The van der Waals surface area contributed by atoms with Gasteiger partial charge in [-0.05, 0) is 37.1 Å². The molecule has 0 aliphatic carbocycles. The van der Waals surface area contributed by atoms with Crippen molar-refractivity contribution in [3.05, 3.63) is 59.2 Å². The van der Waals surface area contributed by atoms with Crippen molar-refractivity contribution in [2.24, 2.45) is 5.73 Å². The molecule has 1 atom stereocenters. The topological polar surface area (TPSA) is 85.4 Å². The maximum Gasteiger partial charge on any atom is 0.170 e. The van der Waals surface area contributed by atoms with E-state index < -0.39 is 5.60 Å². The lowest BCUT2D eigenvalue weighted by molar-refractivity contribution is 0.0464. The van der Waals surface area contributed by atoms with Gasteiger partial charge in [-0.25, -0.2) is 0 Å². The third-order valence-electron chi connectivity index (χ3n) is 4.59. The first-order chi connectivity index (χ1) is 12.4. The fourth-order valence-corrected chi connectivity index (χ4v) is 3.26. The fraction of sp³-hybridized carbons (Fsp3) is 0.333. The first-order valence-electron chi connectivity index (χ1n) is 8.82. The first kappa shape index (κ1) is 18.0. The third kappa shape index (κ3) is 3.87. The van der Waals surface area contributed by atoms with E-state index in [9.17, 15) is 4.79 Å². The molecular weight excluding hydrogens is 328 g/mol. The summed E-state index contributed by atoms with van der Waals surface area (Å²) in [4.78, 5) is 12.5. The molecule has 1 heterocycles. The molecule has 5 nitrogen and oxygen atoms in total. The van der Waals surface area contributed by atoms with Crippen LogP contribution in [-0.4, -0.2) is 17.2 Å². The number of hydrogen-bond acceptors (Lipinski definition) is 4. The van der Waals surface area contributed by atoms with Crippen molar-refractivity contribution in [3.8, 4) is 11.5 Å². The molecule has 0 saturated heterocycles. The summed E-state index contributed by atoms with van der Waals surface area (Å²) in [7, 11) is 0. The van der Waals surface area contributed by atoms with E-state index in [1.165, 1.54) is 0 Å². The predicted octanol–water partition coefficient (Wildman–Crippen LogP) is 4.07. The zero-order chi connectivity index (χ0) is 18.7. The molecule has 0 aromatic heterocycles. The number of Topliss-reactive ketones (excluding diaryl/α,β-unsaturated/α-hetero) is 1. The highest BCUT2D eigenvalue weighted by atomic mass is 16.5. The number of carbonyl (C=O) groups excluding carboxylic acids is 1. The summed E-state index contributed by atoms with van der Waals surface area (Å²) in [6.45, 7) is 4.46. The van der Waals surface area contributed by atoms with Gasteiger partial charge in [0.15, 0.2) is 5.78 Å². The predicted molar refractivity (Wildman–Crippen MR) is 101 cm³/mol. The Bertz CT molecular complexity index is 830. The summed E-state index contributed by atoms with van der Waals surface area (Å²) >= 11 is 0. The molecule has 3 rings (SSSR count). The van der Waals surface area contributed by atoms with Gasteiger partial charge in [-0.1, -0.05) is 37.6 Å². The van der Waals surface area contributed by atoms with E-state index in [0.29, 0.717) is 35.7 Å². The van der Waals surface area contributed by atoms with Gasteiger partial charge in [0.25, 0.3) is 0 Å². The average molecular weight is 352 g/mol. The van der Waals surface area contributed by atoms with Crippen LogP contribution >= 0.6 is 0 Å². The number of carbonyl (C=O) groups is 1. The molecule has 26 heavy (non-hydrogen) atoms. The summed E-state index contributed by atoms with van der Waals surface area (Å²) in [6.07, 6.45) is 2.22. The monoisotopic (exact) mass is 352 g/mol. The Labute approximate surface area is 153 Å². The summed E-state index contributed by atoms with van der Waals surface area (Å²) in [5, 5.41) is 7.41. The lowest BCUT2D eigenvalue weighted by atomic mass is 9.88. The van der Waals surface area contributed by atoms with Crippen molar-refractivity contribution in [1.29, 1.82) is 5.41 Å². The Hall–Kier alpha value is -2.82. The van der Waals surface area contributed by atoms with E-state index in [0.717, 1.165) is 18.4 Å². The Balaban J connectivity index is 1.70. The lowest BCUT2D eigenvalue weighted by Crippen LogP contribution is -2.38. The maximum atomic E-state index is 12.5. The molecule has 1 aliphatic rings. The highest BCUT2D eigenvalue weighted by Crippen LogP contribution is 2.37. The van der Waals surface area contributed by atoms with Crippen LogP contribution in [0.3, 0.4) is 0 Å². The van der Waals surface area contributed by atoms with Gasteiger partial charge < -0.3 is 15.2 Å². The van der Waals surface area contributed by atoms with Crippen LogP contribution in [0.25, 0.3) is 0 Å². The summed E-state index contributed by atoms with van der Waals surface area (Å²) in [5.74, 6) is 1.41. The maximum absolute atomic E-state index is 12.5.